The highest BCUT2D eigenvalue weighted by Gasteiger charge is 2.60. The van der Waals surface area contributed by atoms with Gasteiger partial charge in [0.05, 0.1) is 18.3 Å². The summed E-state index contributed by atoms with van der Waals surface area (Å²) in [4.78, 5) is 20.4. The molecular formula is C25H26FN5O2. The van der Waals surface area contributed by atoms with Gasteiger partial charge in [-0.05, 0) is 61.3 Å². The van der Waals surface area contributed by atoms with Crippen molar-refractivity contribution in [3.63, 3.8) is 0 Å². The summed E-state index contributed by atoms with van der Waals surface area (Å²) in [5.41, 5.74) is 1.90. The molecule has 0 unspecified atom stereocenters. The minimum Gasteiger partial charge on any atom is -0.488 e. The van der Waals surface area contributed by atoms with E-state index >= 15 is 0 Å². The van der Waals surface area contributed by atoms with Gasteiger partial charge in [-0.3, -0.25) is 4.79 Å². The van der Waals surface area contributed by atoms with Crippen molar-refractivity contribution in [1.29, 1.82) is 0 Å². The molecule has 4 heterocycles. The molecule has 1 aromatic carbocycles. The van der Waals surface area contributed by atoms with Gasteiger partial charge in [-0.2, -0.15) is 5.10 Å². The van der Waals surface area contributed by atoms with E-state index < -0.39 is 0 Å². The average molecular weight is 448 g/mol. The molecule has 3 fully saturated rings. The Hall–Kier alpha value is -3.16. The Morgan fingerprint density at radius 3 is 3.00 bits per heavy atom. The molecule has 0 radical (unpaired) electrons. The van der Waals surface area contributed by atoms with Gasteiger partial charge < -0.3 is 15.0 Å². The van der Waals surface area contributed by atoms with Crippen LogP contribution in [-0.2, 0) is 0 Å². The van der Waals surface area contributed by atoms with Crippen LogP contribution >= 0.6 is 0 Å². The van der Waals surface area contributed by atoms with Gasteiger partial charge in [0, 0.05) is 18.3 Å². The number of halogens is 1. The van der Waals surface area contributed by atoms with E-state index in [2.05, 4.69) is 22.2 Å². The largest absolute Gasteiger partial charge is 0.488 e. The first-order valence-electron chi connectivity index (χ1n) is 12.0. The van der Waals surface area contributed by atoms with Gasteiger partial charge in [-0.25, -0.2) is 13.9 Å². The minimum absolute atomic E-state index is 0.0107. The van der Waals surface area contributed by atoms with E-state index in [0.29, 0.717) is 29.0 Å². The molecule has 1 saturated heterocycles. The molecule has 0 spiro atoms. The second-order valence-corrected chi connectivity index (χ2v) is 10.0. The molecule has 7 nitrogen and oxygen atoms in total. The number of ether oxygens (including phenoxy) is 1. The molecule has 2 bridgehead atoms. The number of nitrogens with zero attached hydrogens (tertiary/aromatic N) is 4. The van der Waals surface area contributed by atoms with Crippen LogP contribution < -0.4 is 15.0 Å². The van der Waals surface area contributed by atoms with Crippen molar-refractivity contribution in [1.82, 2.24) is 19.9 Å². The van der Waals surface area contributed by atoms with Gasteiger partial charge in [0.2, 0.25) is 0 Å². The van der Waals surface area contributed by atoms with Gasteiger partial charge in [0.15, 0.2) is 5.65 Å². The SMILES string of the molecule is C[C@@H]1[C@@H]2CN3c4ccn5ncc(c5n4)C(=O)N[C@@H]4CCCC[C@@H]4Oc4ccc(F)cc4[C@H]3[C@H]12. The predicted octanol–water partition coefficient (Wildman–Crippen LogP) is 3.75. The third-order valence-corrected chi connectivity index (χ3v) is 8.23. The van der Waals surface area contributed by atoms with E-state index in [1.54, 1.807) is 22.8 Å². The molecule has 1 N–H and O–H groups in total. The standard InChI is InChI=1S/C25H26FN5O2/c1-13-17-12-30-21-8-9-31-24(29-21)16(11-27-31)25(32)28-18-4-2-3-5-20(18)33-19-7-6-14(26)10-15(19)23(30)22(13)17/h6-11,13,17-18,20,22-23H,2-5,12H2,1H3,(H,28,32)/t13-,17+,18-,20+,22-,23+/m1/s1. The molecule has 7 rings (SSSR count). The maximum atomic E-state index is 14.6. The maximum Gasteiger partial charge on any atom is 0.257 e. The fourth-order valence-corrected chi connectivity index (χ4v) is 6.40. The molecule has 2 aliphatic heterocycles. The fourth-order valence-electron chi connectivity index (χ4n) is 6.40. The number of piperidine rings is 1. The zero-order valence-electron chi connectivity index (χ0n) is 18.4. The highest BCUT2D eigenvalue weighted by atomic mass is 19.1. The number of rotatable bonds is 0. The summed E-state index contributed by atoms with van der Waals surface area (Å²) in [6, 6.07) is 6.69. The van der Waals surface area contributed by atoms with Crippen molar-refractivity contribution in [2.45, 2.75) is 50.8 Å². The highest BCUT2D eigenvalue weighted by Crippen LogP contribution is 2.62. The molecule has 2 aromatic heterocycles. The van der Waals surface area contributed by atoms with Crippen molar-refractivity contribution in [3.05, 3.63) is 53.6 Å². The Morgan fingerprint density at radius 2 is 2.09 bits per heavy atom. The number of benzene rings is 1. The zero-order valence-corrected chi connectivity index (χ0v) is 18.4. The summed E-state index contributed by atoms with van der Waals surface area (Å²) in [6.45, 7) is 3.14. The van der Waals surface area contributed by atoms with Crippen LogP contribution in [0.3, 0.4) is 0 Å². The quantitative estimate of drug-likeness (QED) is 0.568. The monoisotopic (exact) mass is 447 g/mol. The number of fused-ring (bicyclic) bond motifs is 8. The van der Waals surface area contributed by atoms with Crippen LogP contribution in [0.2, 0.25) is 0 Å². The Balaban J connectivity index is 1.43. The van der Waals surface area contributed by atoms with Crippen molar-refractivity contribution < 1.29 is 13.9 Å². The second kappa shape index (κ2) is 6.92. The number of carbonyl (C=O) groups excluding carboxylic acids is 1. The van der Waals surface area contributed by atoms with Crippen molar-refractivity contribution in [2.24, 2.45) is 17.8 Å². The molecule has 1 amide bonds. The molecule has 6 atom stereocenters. The van der Waals surface area contributed by atoms with Crippen LogP contribution in [0.5, 0.6) is 5.75 Å². The van der Waals surface area contributed by atoms with Crippen molar-refractivity contribution in [2.75, 3.05) is 11.4 Å². The number of aromatic nitrogens is 3. The molecule has 4 aliphatic rings. The summed E-state index contributed by atoms with van der Waals surface area (Å²) in [6.07, 6.45) is 7.07. The van der Waals surface area contributed by atoms with Crippen LogP contribution in [0.25, 0.3) is 5.65 Å². The first kappa shape index (κ1) is 19.3. The van der Waals surface area contributed by atoms with Crippen LogP contribution in [0.15, 0.2) is 36.7 Å². The lowest BCUT2D eigenvalue weighted by atomic mass is 9.91. The first-order valence-corrected chi connectivity index (χ1v) is 12.0. The topological polar surface area (TPSA) is 71.8 Å². The Bertz CT molecular complexity index is 1270. The Morgan fingerprint density at radius 1 is 1.21 bits per heavy atom. The number of anilines is 1. The lowest BCUT2D eigenvalue weighted by molar-refractivity contribution is 0.0795. The molecule has 33 heavy (non-hydrogen) atoms. The van der Waals surface area contributed by atoms with Crippen molar-refractivity contribution >= 4 is 17.4 Å². The predicted molar refractivity (Wildman–Crippen MR) is 120 cm³/mol. The molecule has 2 aliphatic carbocycles. The third-order valence-electron chi connectivity index (χ3n) is 8.23. The lowest BCUT2D eigenvalue weighted by Crippen LogP contribution is -2.47. The normalized spacial score (nSPS) is 32.4. The Labute approximate surface area is 190 Å². The summed E-state index contributed by atoms with van der Waals surface area (Å²) in [5, 5.41) is 7.53. The molecule has 3 aromatic rings. The first-order chi connectivity index (χ1) is 16.1. The number of nitrogens with one attached hydrogen (secondary N) is 1. The summed E-state index contributed by atoms with van der Waals surface area (Å²) < 4.78 is 22.8. The fraction of sp³-hybridized carbons (Fsp3) is 0.480. The zero-order chi connectivity index (χ0) is 22.3. The van der Waals surface area contributed by atoms with Gasteiger partial charge in [0.1, 0.15) is 29.1 Å². The smallest absolute Gasteiger partial charge is 0.257 e. The highest BCUT2D eigenvalue weighted by molar-refractivity contribution is 6.00. The molecule has 8 heteroatoms. The average Bonchev–Trinajstić information content (AvgIpc) is 3.17. The number of hydrogen-bond donors (Lipinski definition) is 1. The van der Waals surface area contributed by atoms with Crippen LogP contribution in [0, 0.1) is 23.6 Å². The van der Waals surface area contributed by atoms with Crippen LogP contribution in [0.1, 0.15) is 54.6 Å². The summed E-state index contributed by atoms with van der Waals surface area (Å²) in [7, 11) is 0. The Kier molecular flexibility index (Phi) is 4.05. The van der Waals surface area contributed by atoms with E-state index in [9.17, 15) is 9.18 Å². The van der Waals surface area contributed by atoms with Gasteiger partial charge in [-0.15, -0.1) is 0 Å². The third kappa shape index (κ3) is 2.89. The van der Waals surface area contributed by atoms with Gasteiger partial charge >= 0.3 is 0 Å². The summed E-state index contributed by atoms with van der Waals surface area (Å²) in [5.74, 6) is 2.64. The van der Waals surface area contributed by atoms with Crippen LogP contribution in [0.4, 0.5) is 10.2 Å². The van der Waals surface area contributed by atoms with Crippen LogP contribution in [-0.4, -0.2) is 39.2 Å². The maximum absolute atomic E-state index is 14.6. The lowest BCUT2D eigenvalue weighted by Gasteiger charge is -2.35. The number of amides is 1. The van der Waals surface area contributed by atoms with Gasteiger partial charge in [0.25, 0.3) is 5.91 Å². The number of carbonyl (C=O) groups is 1. The van der Waals surface area contributed by atoms with E-state index in [1.807, 2.05) is 12.3 Å². The van der Waals surface area contributed by atoms with E-state index in [1.165, 1.54) is 6.07 Å². The number of hydrogen-bond acceptors (Lipinski definition) is 5. The van der Waals surface area contributed by atoms with E-state index in [4.69, 9.17) is 9.72 Å². The second-order valence-electron chi connectivity index (χ2n) is 10.0. The van der Waals surface area contributed by atoms with E-state index in [-0.39, 0.29) is 29.9 Å². The van der Waals surface area contributed by atoms with E-state index in [0.717, 1.165) is 49.4 Å². The molecular weight excluding hydrogens is 421 g/mol. The molecule has 170 valence electrons. The summed E-state index contributed by atoms with van der Waals surface area (Å²) >= 11 is 0. The van der Waals surface area contributed by atoms with Gasteiger partial charge in [-0.1, -0.05) is 13.3 Å². The molecule has 2 saturated carbocycles. The minimum atomic E-state index is -0.256. The van der Waals surface area contributed by atoms with Crippen molar-refractivity contribution in [3.8, 4) is 5.75 Å².